The van der Waals surface area contributed by atoms with Gasteiger partial charge >= 0.3 is 0 Å². The van der Waals surface area contributed by atoms with Crippen LogP contribution < -0.4 is 0 Å². The summed E-state index contributed by atoms with van der Waals surface area (Å²) < 4.78 is 5.28. The molecule has 0 aliphatic carbocycles. The van der Waals surface area contributed by atoms with E-state index in [-0.39, 0.29) is 0 Å². The maximum absolute atomic E-state index is 5.28. The van der Waals surface area contributed by atoms with Crippen LogP contribution in [0.2, 0.25) is 0 Å². The summed E-state index contributed by atoms with van der Waals surface area (Å²) in [6.45, 7) is 5.27. The van der Waals surface area contributed by atoms with Gasteiger partial charge < -0.3 is 4.74 Å². The molecule has 1 aliphatic heterocycles. The van der Waals surface area contributed by atoms with Crippen LogP contribution in [0.25, 0.3) is 0 Å². The van der Waals surface area contributed by atoms with Crippen molar-refractivity contribution in [1.82, 2.24) is 0 Å². The molecule has 0 saturated carbocycles. The predicted molar refractivity (Wildman–Crippen MR) is 43.0 cm³/mol. The van der Waals surface area contributed by atoms with Gasteiger partial charge in [-0.15, -0.1) is 0 Å². The molecule has 1 fully saturated rings. The molecule has 1 rings (SSSR count). The van der Waals surface area contributed by atoms with Crippen LogP contribution in [-0.2, 0) is 4.74 Å². The van der Waals surface area contributed by atoms with Crippen molar-refractivity contribution in [2.24, 2.45) is 0 Å². The Hall–Kier alpha value is -0.300. The molecule has 10 heavy (non-hydrogen) atoms. The number of hydrogen-bond donors (Lipinski definition) is 0. The Morgan fingerprint density at radius 2 is 2.30 bits per heavy atom. The van der Waals surface area contributed by atoms with Gasteiger partial charge in [0.15, 0.2) is 0 Å². The van der Waals surface area contributed by atoms with Crippen LogP contribution in [0.4, 0.5) is 0 Å². The lowest BCUT2D eigenvalue weighted by Gasteiger charge is -2.25. The molecule has 58 valence electrons. The molecule has 0 radical (unpaired) electrons. The fraction of sp³-hybridized carbons (Fsp3) is 0.778. The molecule has 1 nitrogen and oxygen atoms in total. The summed E-state index contributed by atoms with van der Waals surface area (Å²) in [5.74, 6) is 0. The minimum Gasteiger partial charge on any atom is -0.378 e. The molecule has 1 heterocycles. The molecule has 1 aliphatic rings. The van der Waals surface area contributed by atoms with E-state index < -0.39 is 0 Å². The molecule has 1 unspecified atom stereocenters. The zero-order chi connectivity index (χ0) is 7.40. The predicted octanol–water partition coefficient (Wildman–Crippen LogP) is 2.52. The Bertz CT molecular complexity index is 119. The van der Waals surface area contributed by atoms with E-state index in [9.17, 15) is 0 Å². The second kappa shape index (κ2) is 3.77. The zero-order valence-corrected chi connectivity index (χ0v) is 6.89. The molecule has 0 N–H and O–H groups in total. The second-order valence-corrected chi connectivity index (χ2v) is 3.14. The average Bonchev–Trinajstić information content (AvgIpc) is 1.75. The van der Waals surface area contributed by atoms with Crippen molar-refractivity contribution in [2.45, 2.75) is 39.2 Å². The maximum Gasteiger partial charge on any atom is 0.0600 e. The van der Waals surface area contributed by atoms with E-state index in [2.05, 4.69) is 19.9 Å². The molecular weight excluding hydrogens is 124 g/mol. The van der Waals surface area contributed by atoms with Crippen molar-refractivity contribution < 1.29 is 4.74 Å². The summed E-state index contributed by atoms with van der Waals surface area (Å²) in [5.41, 5.74) is 1.42. The first-order valence-corrected chi connectivity index (χ1v) is 4.04. The van der Waals surface area contributed by atoms with Gasteiger partial charge in [0, 0.05) is 6.61 Å². The van der Waals surface area contributed by atoms with E-state index in [4.69, 9.17) is 4.74 Å². The Balaban J connectivity index is 1.99. The average molecular weight is 140 g/mol. The third kappa shape index (κ3) is 2.53. The van der Waals surface area contributed by atoms with E-state index in [1.54, 1.807) is 0 Å². The molecular formula is C9H16O. The Labute approximate surface area is 63.1 Å². The molecule has 0 aromatic rings. The largest absolute Gasteiger partial charge is 0.378 e. The Morgan fingerprint density at radius 1 is 1.60 bits per heavy atom. The molecule has 1 atom stereocenters. The highest BCUT2D eigenvalue weighted by molar-refractivity contribution is 4.93. The zero-order valence-electron chi connectivity index (χ0n) is 6.89. The maximum atomic E-state index is 5.28. The Kier molecular flexibility index (Phi) is 2.94. The normalized spacial score (nSPS) is 23.6. The van der Waals surface area contributed by atoms with Crippen LogP contribution >= 0.6 is 0 Å². The number of rotatable bonds is 3. The number of allylic oxidation sites excluding steroid dienone is 2. The minimum atomic E-state index is 0.579. The van der Waals surface area contributed by atoms with Crippen LogP contribution in [-0.4, -0.2) is 12.7 Å². The van der Waals surface area contributed by atoms with E-state index in [0.29, 0.717) is 6.10 Å². The standard InChI is InChI=1S/C9H16O/c1-8(2)4-3-5-9-6-7-10-9/h4,9H,3,5-7H2,1-2H3. The first kappa shape index (κ1) is 7.80. The van der Waals surface area contributed by atoms with Crippen molar-refractivity contribution in [3.63, 3.8) is 0 Å². The van der Waals surface area contributed by atoms with Crippen LogP contribution in [0.5, 0.6) is 0 Å². The van der Waals surface area contributed by atoms with Gasteiger partial charge in [0.2, 0.25) is 0 Å². The fourth-order valence-electron chi connectivity index (χ4n) is 1.07. The third-order valence-electron chi connectivity index (χ3n) is 1.83. The molecule has 1 saturated heterocycles. The van der Waals surface area contributed by atoms with E-state index in [1.165, 1.54) is 24.8 Å². The Morgan fingerprint density at radius 3 is 2.70 bits per heavy atom. The number of hydrogen-bond acceptors (Lipinski definition) is 1. The quantitative estimate of drug-likeness (QED) is 0.547. The third-order valence-corrected chi connectivity index (χ3v) is 1.83. The fourth-order valence-corrected chi connectivity index (χ4v) is 1.07. The molecule has 0 aromatic carbocycles. The molecule has 0 amide bonds. The molecule has 1 heteroatoms. The smallest absolute Gasteiger partial charge is 0.0600 e. The van der Waals surface area contributed by atoms with Crippen LogP contribution in [0.15, 0.2) is 11.6 Å². The van der Waals surface area contributed by atoms with Crippen molar-refractivity contribution in [2.75, 3.05) is 6.61 Å². The summed E-state index contributed by atoms with van der Waals surface area (Å²) in [7, 11) is 0. The topological polar surface area (TPSA) is 9.23 Å². The lowest BCUT2D eigenvalue weighted by Crippen LogP contribution is -2.26. The van der Waals surface area contributed by atoms with Crippen molar-refractivity contribution in [3.8, 4) is 0 Å². The second-order valence-electron chi connectivity index (χ2n) is 3.14. The van der Waals surface area contributed by atoms with E-state index in [1.807, 2.05) is 0 Å². The van der Waals surface area contributed by atoms with Gasteiger partial charge in [0.25, 0.3) is 0 Å². The highest BCUT2D eigenvalue weighted by Crippen LogP contribution is 2.16. The van der Waals surface area contributed by atoms with Crippen LogP contribution in [0, 0.1) is 0 Å². The minimum absolute atomic E-state index is 0.579. The van der Waals surface area contributed by atoms with Crippen molar-refractivity contribution in [1.29, 1.82) is 0 Å². The molecule has 0 spiro atoms. The highest BCUT2D eigenvalue weighted by atomic mass is 16.5. The van der Waals surface area contributed by atoms with Gasteiger partial charge in [-0.3, -0.25) is 0 Å². The highest BCUT2D eigenvalue weighted by Gasteiger charge is 2.16. The van der Waals surface area contributed by atoms with Gasteiger partial charge in [-0.25, -0.2) is 0 Å². The summed E-state index contributed by atoms with van der Waals surface area (Å²) in [4.78, 5) is 0. The van der Waals surface area contributed by atoms with Crippen molar-refractivity contribution in [3.05, 3.63) is 11.6 Å². The van der Waals surface area contributed by atoms with E-state index >= 15 is 0 Å². The molecule has 0 aromatic heterocycles. The van der Waals surface area contributed by atoms with Gasteiger partial charge in [0.1, 0.15) is 0 Å². The van der Waals surface area contributed by atoms with Crippen LogP contribution in [0.3, 0.4) is 0 Å². The summed E-state index contributed by atoms with van der Waals surface area (Å²) in [6.07, 6.45) is 6.53. The lowest BCUT2D eigenvalue weighted by atomic mass is 10.1. The summed E-state index contributed by atoms with van der Waals surface area (Å²) in [5, 5.41) is 0. The molecule has 0 bridgehead atoms. The lowest BCUT2D eigenvalue weighted by molar-refractivity contribution is -0.0538. The monoisotopic (exact) mass is 140 g/mol. The SMILES string of the molecule is CC(C)=CCCC1CCO1. The summed E-state index contributed by atoms with van der Waals surface area (Å²) in [6, 6.07) is 0. The summed E-state index contributed by atoms with van der Waals surface area (Å²) >= 11 is 0. The van der Waals surface area contributed by atoms with Gasteiger partial charge in [-0.05, 0) is 33.1 Å². The first-order chi connectivity index (χ1) is 4.79. The van der Waals surface area contributed by atoms with Gasteiger partial charge in [-0.2, -0.15) is 0 Å². The van der Waals surface area contributed by atoms with Gasteiger partial charge in [-0.1, -0.05) is 11.6 Å². The van der Waals surface area contributed by atoms with Crippen molar-refractivity contribution >= 4 is 0 Å². The van der Waals surface area contributed by atoms with Gasteiger partial charge in [0.05, 0.1) is 6.10 Å². The van der Waals surface area contributed by atoms with Crippen LogP contribution in [0.1, 0.15) is 33.1 Å². The number of ether oxygens (including phenoxy) is 1. The van der Waals surface area contributed by atoms with E-state index in [0.717, 1.165) is 6.61 Å². The first-order valence-electron chi connectivity index (χ1n) is 4.04.